The van der Waals surface area contributed by atoms with E-state index in [9.17, 15) is 0 Å². The van der Waals surface area contributed by atoms with Crippen molar-refractivity contribution < 1.29 is 62.2 Å². The Bertz CT molecular complexity index is 569. The summed E-state index contributed by atoms with van der Waals surface area (Å²) >= 11 is 0. The smallest absolute Gasteiger partial charge is 0.315 e. The molecule has 0 bridgehead atoms. The quantitative estimate of drug-likeness (QED) is 0.260. The fourth-order valence-corrected chi connectivity index (χ4v) is 4.92. The van der Waals surface area contributed by atoms with Crippen LogP contribution >= 0.6 is 0 Å². The molecule has 2 aliphatic rings. The first-order valence-electron chi connectivity index (χ1n) is 14.7. The molecule has 2 aliphatic heterocycles. The van der Waals surface area contributed by atoms with Crippen molar-refractivity contribution in [2.75, 3.05) is 105 Å². The van der Waals surface area contributed by atoms with Crippen LogP contribution in [-0.2, 0) is 13.1 Å². The summed E-state index contributed by atoms with van der Waals surface area (Å²) < 4.78 is 0. The van der Waals surface area contributed by atoms with Crippen molar-refractivity contribution in [1.29, 1.82) is 0 Å². The van der Waals surface area contributed by atoms with Gasteiger partial charge < -0.3 is 31.9 Å². The number of benzene rings is 1. The summed E-state index contributed by atoms with van der Waals surface area (Å²) in [5.74, 6) is 0. The van der Waals surface area contributed by atoms with E-state index in [1.165, 1.54) is 36.8 Å². The Morgan fingerprint density at radius 3 is 1.08 bits per heavy atom. The molecule has 2 heterocycles. The van der Waals surface area contributed by atoms with Crippen molar-refractivity contribution in [3.05, 3.63) is 35.4 Å². The molecule has 6 N–H and O–H groups in total. The molecule has 0 atom stereocenters. The Labute approximate surface area is 280 Å². The summed E-state index contributed by atoms with van der Waals surface area (Å²) in [7, 11) is 0. The van der Waals surface area contributed by atoms with Crippen molar-refractivity contribution in [3.63, 3.8) is 0 Å². The number of nitrogens with one attached hydrogen (secondary N) is 6. The molecule has 8 nitrogen and oxygen atoms in total. The molecule has 0 aliphatic carbocycles. The Morgan fingerprint density at radius 1 is 0.395 bits per heavy atom. The molecule has 38 heavy (non-hydrogen) atoms. The second-order valence-corrected chi connectivity index (χ2v) is 10.3. The van der Waals surface area contributed by atoms with Crippen molar-refractivity contribution in [3.8, 4) is 0 Å². The van der Waals surface area contributed by atoms with Gasteiger partial charge in [-0.15, -0.1) is 0 Å². The van der Waals surface area contributed by atoms with Gasteiger partial charge in [0.1, 0.15) is 0 Å². The van der Waals surface area contributed by atoms with Gasteiger partial charge in [0.15, 0.2) is 0 Å². The van der Waals surface area contributed by atoms with Crippen LogP contribution in [0.1, 0.15) is 36.8 Å². The molecule has 2 saturated heterocycles. The van der Waals surface area contributed by atoms with Crippen LogP contribution in [0, 0.1) is 62.2 Å². The summed E-state index contributed by atoms with van der Waals surface area (Å²) in [4.78, 5) is 5.23. The van der Waals surface area contributed by atoms with Crippen LogP contribution in [0.4, 0.5) is 0 Å². The second-order valence-electron chi connectivity index (χ2n) is 10.3. The van der Waals surface area contributed by atoms with E-state index >= 15 is 0 Å². The molecule has 206 valence electrons. The van der Waals surface area contributed by atoms with E-state index < -0.39 is 0 Å². The molecule has 3 rings (SSSR count). The molecule has 1 aromatic rings. The van der Waals surface area contributed by atoms with Gasteiger partial charge in [0, 0.05) is 65.4 Å². The van der Waals surface area contributed by atoms with Gasteiger partial charge in [-0.1, -0.05) is 24.3 Å². The molecular formula is C28H54N8U2+8. The topological polar surface area (TPSA) is 78.7 Å². The minimum absolute atomic E-state index is 0. The minimum atomic E-state index is 0. The van der Waals surface area contributed by atoms with E-state index in [0.29, 0.717) is 0 Å². The van der Waals surface area contributed by atoms with Gasteiger partial charge in [-0.25, -0.2) is 0 Å². The van der Waals surface area contributed by atoms with Gasteiger partial charge >= 0.3 is 62.2 Å². The summed E-state index contributed by atoms with van der Waals surface area (Å²) in [6.07, 6.45) is 4.80. The number of nitrogens with zero attached hydrogens (tertiary/aromatic N) is 2. The van der Waals surface area contributed by atoms with Crippen LogP contribution in [0.25, 0.3) is 0 Å². The molecule has 0 unspecified atom stereocenters. The third kappa shape index (κ3) is 18.4. The molecule has 0 radical (unpaired) electrons. The maximum absolute atomic E-state index is 3.63. The SMILES string of the molecule is [U+4].[U+4].c1cc(CN2CCCNCCNCCCNCC2)ccc1CN1CCCNCCNCCCNCC1. The van der Waals surface area contributed by atoms with Crippen LogP contribution in [0.15, 0.2) is 24.3 Å². The average molecular weight is 979 g/mol. The second kappa shape index (κ2) is 25.7. The fraction of sp³-hybridized carbons (Fsp3) is 0.786. The molecule has 2 fully saturated rings. The Hall–Kier alpha value is 1.00. The largest absolute Gasteiger partial charge is 4.00 e. The standard InChI is InChI=1S/C28H54N8.2U/c1-9-29-15-17-31-13-3-21-35(23-19-33-11-1)25-27-5-7-28(8-6-27)26-36-22-4-14-32-18-16-30-10-2-12-34-20-24-36;;/h5-8,29-34H,1-4,9-26H2;;/q;2*+4. The fourth-order valence-electron chi connectivity index (χ4n) is 4.92. The van der Waals surface area contributed by atoms with Crippen LogP contribution in [-0.4, -0.2) is 115 Å². The maximum Gasteiger partial charge on any atom is 4.00 e. The normalized spacial score (nSPS) is 21.7. The van der Waals surface area contributed by atoms with Gasteiger partial charge in [0.05, 0.1) is 0 Å². The Kier molecular flexibility index (Phi) is 25.0. The van der Waals surface area contributed by atoms with Gasteiger partial charge in [-0.3, -0.25) is 9.80 Å². The minimum Gasteiger partial charge on any atom is -0.315 e. The van der Waals surface area contributed by atoms with E-state index in [0.717, 1.165) is 118 Å². The predicted molar refractivity (Wildman–Crippen MR) is 153 cm³/mol. The summed E-state index contributed by atoms with van der Waals surface area (Å²) in [5, 5.41) is 21.4. The van der Waals surface area contributed by atoms with Gasteiger partial charge in [0.25, 0.3) is 0 Å². The molecule has 0 spiro atoms. The van der Waals surface area contributed by atoms with Crippen molar-refractivity contribution in [1.82, 2.24) is 41.7 Å². The van der Waals surface area contributed by atoms with E-state index in [2.05, 4.69) is 66.0 Å². The number of rotatable bonds is 4. The van der Waals surface area contributed by atoms with Gasteiger partial charge in [0.2, 0.25) is 0 Å². The van der Waals surface area contributed by atoms with E-state index in [-0.39, 0.29) is 62.2 Å². The van der Waals surface area contributed by atoms with Crippen molar-refractivity contribution in [2.24, 2.45) is 0 Å². The average Bonchev–Trinajstić information content (AvgIpc) is 2.89. The van der Waals surface area contributed by atoms with E-state index in [4.69, 9.17) is 0 Å². The zero-order chi connectivity index (χ0) is 24.9. The molecule has 0 amide bonds. The maximum atomic E-state index is 3.63. The van der Waals surface area contributed by atoms with Crippen LogP contribution in [0.5, 0.6) is 0 Å². The van der Waals surface area contributed by atoms with E-state index in [1.54, 1.807) is 0 Å². The zero-order valence-electron chi connectivity index (χ0n) is 23.8. The van der Waals surface area contributed by atoms with Crippen LogP contribution in [0.2, 0.25) is 0 Å². The summed E-state index contributed by atoms with van der Waals surface area (Å²) in [6.45, 7) is 19.6. The third-order valence-corrected chi connectivity index (χ3v) is 7.07. The Morgan fingerprint density at radius 2 is 0.711 bits per heavy atom. The number of hydrogen-bond donors (Lipinski definition) is 6. The van der Waals surface area contributed by atoms with Crippen molar-refractivity contribution >= 4 is 0 Å². The van der Waals surface area contributed by atoms with Crippen molar-refractivity contribution in [2.45, 2.75) is 38.8 Å². The van der Waals surface area contributed by atoms with E-state index in [1.807, 2.05) is 0 Å². The van der Waals surface area contributed by atoms with Gasteiger partial charge in [-0.05, 0) is 89.2 Å². The molecule has 1 aromatic carbocycles. The zero-order valence-corrected chi connectivity index (χ0v) is 32.1. The summed E-state index contributed by atoms with van der Waals surface area (Å²) in [5.41, 5.74) is 2.86. The predicted octanol–water partition coefficient (Wildman–Crippen LogP) is 0.416. The van der Waals surface area contributed by atoms with Crippen LogP contribution in [0.3, 0.4) is 0 Å². The molecule has 10 heteroatoms. The third-order valence-electron chi connectivity index (χ3n) is 7.07. The Balaban J connectivity index is 0.00000361. The first-order valence-corrected chi connectivity index (χ1v) is 14.7. The van der Waals surface area contributed by atoms with Gasteiger partial charge in [-0.2, -0.15) is 0 Å². The monoisotopic (exact) mass is 979 g/mol. The molecule has 0 aromatic heterocycles. The first-order chi connectivity index (χ1) is 17.9. The first kappa shape index (κ1) is 37.0. The molecule has 0 saturated carbocycles. The van der Waals surface area contributed by atoms with Crippen LogP contribution < -0.4 is 31.9 Å². The molecular weight excluding hydrogens is 924 g/mol. The summed E-state index contributed by atoms with van der Waals surface area (Å²) in [6, 6.07) is 9.42. The number of hydrogen-bond acceptors (Lipinski definition) is 8.